The first-order valence-corrected chi connectivity index (χ1v) is 4.70. The van der Waals surface area contributed by atoms with Crippen molar-refractivity contribution in [2.75, 3.05) is 0 Å². The molecule has 0 saturated heterocycles. The number of hydrogen-bond acceptors (Lipinski definition) is 0. The summed E-state index contributed by atoms with van der Waals surface area (Å²) in [6, 6.07) is 0. The maximum Gasteiger partial charge on any atom is -0.0265 e. The molecule has 62 valence electrons. The van der Waals surface area contributed by atoms with E-state index in [1.165, 1.54) is 31.3 Å². The molecule has 0 N–H and O–H groups in total. The van der Waals surface area contributed by atoms with Crippen molar-refractivity contribution < 1.29 is 0 Å². The average Bonchev–Trinajstić information content (AvgIpc) is 2.48. The van der Waals surface area contributed by atoms with Crippen LogP contribution in [0.5, 0.6) is 0 Å². The summed E-state index contributed by atoms with van der Waals surface area (Å²) in [6.45, 7) is 0. The molecule has 0 aromatic rings. The number of allylic oxidation sites excluding steroid dienone is 8. The molecule has 0 aliphatic heterocycles. The van der Waals surface area contributed by atoms with Gasteiger partial charge in [-0.05, 0) is 31.3 Å². The molecule has 2 aliphatic carbocycles. The van der Waals surface area contributed by atoms with Crippen LogP contribution >= 0.6 is 0 Å². The quantitative estimate of drug-likeness (QED) is 0.506. The minimum Gasteiger partial charge on any atom is -0.0630 e. The molecule has 0 spiro atoms. The highest BCUT2D eigenvalue weighted by Gasteiger charge is 2.08. The van der Waals surface area contributed by atoms with E-state index in [1.807, 2.05) is 0 Å². The Labute approximate surface area is 74.0 Å². The van der Waals surface area contributed by atoms with Crippen molar-refractivity contribution in [3.05, 3.63) is 47.6 Å². The summed E-state index contributed by atoms with van der Waals surface area (Å²) in [5.41, 5.74) is 3.09. The molecule has 0 amide bonds. The van der Waals surface area contributed by atoms with Gasteiger partial charge in [-0.2, -0.15) is 0 Å². The van der Waals surface area contributed by atoms with E-state index in [-0.39, 0.29) is 0 Å². The second-order valence-electron chi connectivity index (χ2n) is 3.37. The van der Waals surface area contributed by atoms with Crippen molar-refractivity contribution in [2.24, 2.45) is 0 Å². The zero-order valence-electron chi connectivity index (χ0n) is 7.29. The van der Waals surface area contributed by atoms with Gasteiger partial charge in [0.25, 0.3) is 0 Å². The third-order valence-electron chi connectivity index (χ3n) is 2.50. The minimum absolute atomic E-state index is 1.31. The normalized spacial score (nSPS) is 22.0. The van der Waals surface area contributed by atoms with Crippen LogP contribution in [-0.4, -0.2) is 0 Å². The minimum atomic E-state index is 1.31. The van der Waals surface area contributed by atoms with Crippen LogP contribution < -0.4 is 0 Å². The fourth-order valence-corrected chi connectivity index (χ4v) is 1.83. The van der Waals surface area contributed by atoms with Gasteiger partial charge in [0.1, 0.15) is 0 Å². The summed E-state index contributed by atoms with van der Waals surface area (Å²) >= 11 is 0. The van der Waals surface area contributed by atoms with Gasteiger partial charge in [-0.25, -0.2) is 0 Å². The molecule has 0 aromatic carbocycles. The molecule has 1 saturated carbocycles. The van der Waals surface area contributed by atoms with Gasteiger partial charge in [0.05, 0.1) is 0 Å². The first-order valence-electron chi connectivity index (χ1n) is 4.70. The van der Waals surface area contributed by atoms with E-state index >= 15 is 0 Å². The van der Waals surface area contributed by atoms with E-state index in [0.29, 0.717) is 0 Å². The molecule has 2 aliphatic rings. The van der Waals surface area contributed by atoms with Gasteiger partial charge < -0.3 is 0 Å². The Balaban J connectivity index is 2.27. The second-order valence-corrected chi connectivity index (χ2v) is 3.37. The smallest absolute Gasteiger partial charge is 0.0265 e. The maximum atomic E-state index is 2.22. The van der Waals surface area contributed by atoms with Crippen molar-refractivity contribution >= 4 is 0 Å². The van der Waals surface area contributed by atoms with Crippen molar-refractivity contribution in [3.63, 3.8) is 0 Å². The molecular formula is C12H14. The summed E-state index contributed by atoms with van der Waals surface area (Å²) in [7, 11) is 0. The summed E-state index contributed by atoms with van der Waals surface area (Å²) in [5.74, 6) is 0. The van der Waals surface area contributed by atoms with E-state index < -0.39 is 0 Å². The van der Waals surface area contributed by atoms with Crippen molar-refractivity contribution in [1.82, 2.24) is 0 Å². The first kappa shape index (κ1) is 7.60. The number of rotatable bonds is 0. The van der Waals surface area contributed by atoms with Crippen LogP contribution in [0.15, 0.2) is 47.6 Å². The molecule has 0 heteroatoms. The Morgan fingerprint density at radius 1 is 0.750 bits per heavy atom. The van der Waals surface area contributed by atoms with Crippen LogP contribution in [0.4, 0.5) is 0 Å². The largest absolute Gasteiger partial charge is 0.0630 e. The predicted octanol–water partition coefficient (Wildman–Crippen LogP) is 3.54. The summed E-state index contributed by atoms with van der Waals surface area (Å²) in [4.78, 5) is 0. The molecule has 0 aromatic heterocycles. The molecule has 1 fully saturated rings. The van der Waals surface area contributed by atoms with E-state index in [4.69, 9.17) is 0 Å². The van der Waals surface area contributed by atoms with Gasteiger partial charge in [0.2, 0.25) is 0 Å². The summed E-state index contributed by atoms with van der Waals surface area (Å²) < 4.78 is 0. The topological polar surface area (TPSA) is 0 Å². The standard InChI is InChI=1S/C12H14/c1-2-4-8-11(7-3-1)12-9-5-6-10-12/h1-4,7-8H,5-6,9-10H2. The molecule has 2 rings (SSSR count). The lowest BCUT2D eigenvalue weighted by Crippen LogP contribution is -1.79. The Morgan fingerprint density at radius 3 is 1.92 bits per heavy atom. The second kappa shape index (κ2) is 3.57. The fourth-order valence-electron chi connectivity index (χ4n) is 1.83. The van der Waals surface area contributed by atoms with Gasteiger partial charge in [0, 0.05) is 0 Å². The lowest BCUT2D eigenvalue weighted by Gasteiger charge is -1.99. The van der Waals surface area contributed by atoms with Crippen LogP contribution in [-0.2, 0) is 0 Å². The highest BCUT2D eigenvalue weighted by Crippen LogP contribution is 2.28. The third kappa shape index (κ3) is 1.58. The van der Waals surface area contributed by atoms with E-state index in [9.17, 15) is 0 Å². The van der Waals surface area contributed by atoms with Gasteiger partial charge in [-0.1, -0.05) is 42.0 Å². The highest BCUT2D eigenvalue weighted by atomic mass is 14.1. The zero-order valence-corrected chi connectivity index (χ0v) is 7.29. The predicted molar refractivity (Wildman–Crippen MR) is 52.9 cm³/mol. The molecular weight excluding hydrogens is 144 g/mol. The Kier molecular flexibility index (Phi) is 2.26. The molecule has 0 bridgehead atoms. The van der Waals surface area contributed by atoms with Gasteiger partial charge in [-0.3, -0.25) is 0 Å². The first-order chi connectivity index (χ1) is 5.97. The SMILES string of the molecule is C1=CC=CC(=C2CCCC2)C=C1. The Morgan fingerprint density at radius 2 is 1.33 bits per heavy atom. The molecule has 0 unspecified atom stereocenters. The van der Waals surface area contributed by atoms with Gasteiger partial charge >= 0.3 is 0 Å². The fraction of sp³-hybridized carbons (Fsp3) is 0.333. The molecule has 0 radical (unpaired) electrons. The summed E-state index contributed by atoms with van der Waals surface area (Å²) in [5, 5.41) is 0. The van der Waals surface area contributed by atoms with Crippen LogP contribution in [0.2, 0.25) is 0 Å². The molecule has 12 heavy (non-hydrogen) atoms. The van der Waals surface area contributed by atoms with E-state index in [2.05, 4.69) is 36.5 Å². The maximum absolute atomic E-state index is 2.22. The van der Waals surface area contributed by atoms with Crippen LogP contribution in [0.25, 0.3) is 0 Å². The van der Waals surface area contributed by atoms with E-state index in [1.54, 1.807) is 5.57 Å². The average molecular weight is 158 g/mol. The van der Waals surface area contributed by atoms with Gasteiger partial charge in [0.15, 0.2) is 0 Å². The van der Waals surface area contributed by atoms with Crippen LogP contribution in [0.1, 0.15) is 25.7 Å². The van der Waals surface area contributed by atoms with E-state index in [0.717, 1.165) is 0 Å². The lowest BCUT2D eigenvalue weighted by atomic mass is 10.1. The lowest BCUT2D eigenvalue weighted by molar-refractivity contribution is 0.886. The van der Waals surface area contributed by atoms with Crippen molar-refractivity contribution in [1.29, 1.82) is 0 Å². The van der Waals surface area contributed by atoms with Crippen molar-refractivity contribution in [2.45, 2.75) is 25.7 Å². The van der Waals surface area contributed by atoms with Gasteiger partial charge in [-0.15, -0.1) is 0 Å². The third-order valence-corrected chi connectivity index (χ3v) is 2.50. The van der Waals surface area contributed by atoms with Crippen molar-refractivity contribution in [3.8, 4) is 0 Å². The monoisotopic (exact) mass is 158 g/mol. The molecule has 0 heterocycles. The van der Waals surface area contributed by atoms with Crippen LogP contribution in [0, 0.1) is 0 Å². The highest BCUT2D eigenvalue weighted by molar-refractivity contribution is 5.41. The summed E-state index contributed by atoms with van der Waals surface area (Å²) in [6.07, 6.45) is 18.2. The zero-order chi connectivity index (χ0) is 8.23. The Bertz CT molecular complexity index is 248. The molecule has 0 atom stereocenters. The number of hydrogen-bond donors (Lipinski definition) is 0. The van der Waals surface area contributed by atoms with Crippen LogP contribution in [0.3, 0.4) is 0 Å². The Hall–Kier alpha value is -1.04. The molecule has 0 nitrogen and oxygen atoms in total.